The molecule has 1 aliphatic rings. The van der Waals surface area contributed by atoms with Gasteiger partial charge in [0.15, 0.2) is 0 Å². The molecule has 28 heavy (non-hydrogen) atoms. The third-order valence-electron chi connectivity index (χ3n) is 4.86. The Morgan fingerprint density at radius 3 is 2.86 bits per heavy atom. The van der Waals surface area contributed by atoms with Gasteiger partial charge in [-0.2, -0.15) is 0 Å². The van der Waals surface area contributed by atoms with E-state index in [1.54, 1.807) is 17.1 Å². The number of aromatic amines is 1. The predicted molar refractivity (Wildman–Crippen MR) is 106 cm³/mol. The van der Waals surface area contributed by atoms with Gasteiger partial charge in [-0.05, 0) is 37.6 Å². The molecule has 7 nitrogen and oxygen atoms in total. The Labute approximate surface area is 162 Å². The van der Waals surface area contributed by atoms with E-state index in [1.807, 2.05) is 50.2 Å². The molecule has 0 aliphatic carbocycles. The minimum Gasteiger partial charge on any atom is -0.489 e. The highest BCUT2D eigenvalue weighted by Crippen LogP contribution is 2.36. The van der Waals surface area contributed by atoms with Crippen LogP contribution in [0.5, 0.6) is 5.75 Å². The number of hydrogen-bond donors (Lipinski definition) is 2. The van der Waals surface area contributed by atoms with E-state index < -0.39 is 0 Å². The highest BCUT2D eigenvalue weighted by molar-refractivity contribution is 5.94. The van der Waals surface area contributed by atoms with Crippen LogP contribution in [0.3, 0.4) is 0 Å². The molecule has 1 aliphatic heterocycles. The molecular weight excluding hydrogens is 356 g/mol. The first kappa shape index (κ1) is 18.0. The van der Waals surface area contributed by atoms with Crippen LogP contribution >= 0.6 is 0 Å². The molecule has 1 amide bonds. The van der Waals surface area contributed by atoms with Crippen molar-refractivity contribution in [2.75, 3.05) is 5.32 Å². The van der Waals surface area contributed by atoms with Gasteiger partial charge in [-0.3, -0.25) is 24.4 Å². The lowest BCUT2D eigenvalue weighted by atomic mass is 9.87. The summed E-state index contributed by atoms with van der Waals surface area (Å²) in [6.45, 7) is 4.32. The predicted octanol–water partition coefficient (Wildman–Crippen LogP) is 3.21. The Kier molecular flexibility index (Phi) is 4.73. The molecule has 144 valence electrons. The molecule has 0 spiro atoms. The molecule has 7 heteroatoms. The van der Waals surface area contributed by atoms with Gasteiger partial charge < -0.3 is 10.1 Å². The number of carbonyl (C=O) groups is 1. The summed E-state index contributed by atoms with van der Waals surface area (Å²) in [5.74, 6) is 0.832. The fraction of sp³-hybridized carbons (Fsp3) is 0.286. The molecule has 1 aromatic carbocycles. The Morgan fingerprint density at radius 2 is 2.11 bits per heavy atom. The van der Waals surface area contributed by atoms with Crippen LogP contribution in [0.2, 0.25) is 0 Å². The third kappa shape index (κ3) is 3.43. The highest BCUT2D eigenvalue weighted by atomic mass is 16.5. The molecule has 3 heterocycles. The minimum absolute atomic E-state index is 0.0321. The Bertz CT molecular complexity index is 1050. The summed E-state index contributed by atoms with van der Waals surface area (Å²) in [4.78, 5) is 29.0. The Balaban J connectivity index is 1.65. The average molecular weight is 378 g/mol. The van der Waals surface area contributed by atoms with Crippen molar-refractivity contribution in [2.24, 2.45) is 0 Å². The SMILES string of the molecule is CC(C)n1[nH]c(=O)c2c1NC(=O)C[C@@H]2c1cccc(OCc2cccnc2)c1. The maximum atomic E-state index is 12.6. The quantitative estimate of drug-likeness (QED) is 0.713. The first-order valence-corrected chi connectivity index (χ1v) is 9.29. The summed E-state index contributed by atoms with van der Waals surface area (Å²) >= 11 is 0. The molecule has 0 bridgehead atoms. The fourth-order valence-electron chi connectivity index (χ4n) is 3.53. The third-order valence-corrected chi connectivity index (χ3v) is 4.86. The van der Waals surface area contributed by atoms with Crippen molar-refractivity contribution < 1.29 is 9.53 Å². The first-order chi connectivity index (χ1) is 13.5. The smallest absolute Gasteiger partial charge is 0.270 e. The number of H-pyrrole nitrogens is 1. The van der Waals surface area contributed by atoms with E-state index in [4.69, 9.17) is 4.74 Å². The lowest BCUT2D eigenvalue weighted by Gasteiger charge is -2.24. The molecule has 0 saturated heterocycles. The zero-order valence-corrected chi connectivity index (χ0v) is 15.8. The zero-order chi connectivity index (χ0) is 19.7. The second-order valence-electron chi connectivity index (χ2n) is 7.19. The largest absolute Gasteiger partial charge is 0.489 e. The molecular formula is C21H22N4O3. The van der Waals surface area contributed by atoms with Gasteiger partial charge in [0.05, 0.1) is 5.56 Å². The number of aromatic nitrogens is 3. The number of hydrogen-bond acceptors (Lipinski definition) is 4. The number of rotatable bonds is 5. The van der Waals surface area contributed by atoms with Crippen molar-refractivity contribution in [1.29, 1.82) is 0 Å². The van der Waals surface area contributed by atoms with Crippen LogP contribution in [0.1, 0.15) is 48.9 Å². The van der Waals surface area contributed by atoms with Crippen molar-refractivity contribution in [3.05, 3.63) is 75.8 Å². The number of ether oxygens (including phenoxy) is 1. The summed E-state index contributed by atoms with van der Waals surface area (Å²) in [6, 6.07) is 11.4. The number of carbonyl (C=O) groups excluding carboxylic acids is 1. The molecule has 1 atom stereocenters. The van der Waals surface area contributed by atoms with E-state index in [1.165, 1.54) is 0 Å². The summed E-state index contributed by atoms with van der Waals surface area (Å²) < 4.78 is 7.59. The van der Waals surface area contributed by atoms with Gasteiger partial charge in [0.2, 0.25) is 5.91 Å². The second-order valence-corrected chi connectivity index (χ2v) is 7.19. The summed E-state index contributed by atoms with van der Waals surface area (Å²) in [6.07, 6.45) is 3.71. The molecule has 0 radical (unpaired) electrons. The average Bonchev–Trinajstić information content (AvgIpc) is 3.03. The van der Waals surface area contributed by atoms with E-state index in [0.717, 1.165) is 11.1 Å². The van der Waals surface area contributed by atoms with Gasteiger partial charge in [-0.1, -0.05) is 18.2 Å². The van der Waals surface area contributed by atoms with E-state index in [-0.39, 0.29) is 29.8 Å². The minimum atomic E-state index is -0.311. The van der Waals surface area contributed by atoms with E-state index in [9.17, 15) is 9.59 Å². The molecule has 3 aromatic rings. The lowest BCUT2D eigenvalue weighted by Crippen LogP contribution is -2.27. The van der Waals surface area contributed by atoms with Crippen molar-refractivity contribution in [3.8, 4) is 5.75 Å². The van der Waals surface area contributed by atoms with Crippen LogP contribution in [0.4, 0.5) is 5.82 Å². The highest BCUT2D eigenvalue weighted by Gasteiger charge is 2.33. The van der Waals surface area contributed by atoms with Gasteiger partial charge in [-0.15, -0.1) is 0 Å². The number of anilines is 1. The zero-order valence-electron chi connectivity index (χ0n) is 15.8. The molecule has 2 N–H and O–H groups in total. The van der Waals surface area contributed by atoms with Crippen molar-refractivity contribution in [2.45, 2.75) is 38.8 Å². The number of pyridine rings is 1. The van der Waals surface area contributed by atoms with Crippen LogP contribution in [0, 0.1) is 0 Å². The monoisotopic (exact) mass is 378 g/mol. The van der Waals surface area contributed by atoms with Gasteiger partial charge >= 0.3 is 0 Å². The number of benzene rings is 1. The van der Waals surface area contributed by atoms with E-state index in [2.05, 4.69) is 15.4 Å². The lowest BCUT2D eigenvalue weighted by molar-refractivity contribution is -0.116. The first-order valence-electron chi connectivity index (χ1n) is 9.29. The van der Waals surface area contributed by atoms with Crippen LogP contribution in [0.25, 0.3) is 0 Å². The number of nitrogens with zero attached hydrogens (tertiary/aromatic N) is 2. The van der Waals surface area contributed by atoms with Crippen LogP contribution < -0.4 is 15.6 Å². The summed E-state index contributed by atoms with van der Waals surface area (Å²) in [7, 11) is 0. The van der Waals surface area contributed by atoms with Gasteiger partial charge in [0.25, 0.3) is 5.56 Å². The van der Waals surface area contributed by atoms with Crippen LogP contribution in [0.15, 0.2) is 53.6 Å². The van der Waals surface area contributed by atoms with E-state index >= 15 is 0 Å². The maximum absolute atomic E-state index is 12.6. The van der Waals surface area contributed by atoms with Gasteiger partial charge in [-0.25, -0.2) is 0 Å². The van der Waals surface area contributed by atoms with Crippen LogP contribution in [-0.2, 0) is 11.4 Å². The number of nitrogens with one attached hydrogen (secondary N) is 2. The second kappa shape index (κ2) is 7.34. The molecule has 0 unspecified atom stereocenters. The normalized spacial score (nSPS) is 16.0. The van der Waals surface area contributed by atoms with Crippen molar-refractivity contribution in [3.63, 3.8) is 0 Å². The van der Waals surface area contributed by atoms with Crippen molar-refractivity contribution in [1.82, 2.24) is 14.8 Å². The van der Waals surface area contributed by atoms with E-state index in [0.29, 0.717) is 23.7 Å². The molecule has 0 fully saturated rings. The maximum Gasteiger partial charge on any atom is 0.270 e. The molecule has 2 aromatic heterocycles. The summed E-state index contributed by atoms with van der Waals surface area (Å²) in [5, 5.41) is 5.69. The molecule has 0 saturated carbocycles. The number of amides is 1. The van der Waals surface area contributed by atoms with Gasteiger partial charge in [0, 0.05) is 36.3 Å². The Hall–Kier alpha value is -3.35. The summed E-state index contributed by atoms with van der Waals surface area (Å²) in [5.41, 5.74) is 2.28. The standard InChI is InChI=1S/C21H22N4O3/c1-13(2)25-20-19(21(27)24-25)17(10-18(26)23-20)15-6-3-7-16(9-15)28-12-14-5-4-8-22-11-14/h3-9,11,13,17H,10,12H2,1-2H3,(H,23,26)(H,24,27)/t17-/m1/s1. The molecule has 4 rings (SSSR count). The number of fused-ring (bicyclic) bond motifs is 1. The van der Waals surface area contributed by atoms with Gasteiger partial charge in [0.1, 0.15) is 18.2 Å². The fourth-order valence-corrected chi connectivity index (χ4v) is 3.53. The topological polar surface area (TPSA) is 89.0 Å². The Morgan fingerprint density at radius 1 is 1.25 bits per heavy atom. The van der Waals surface area contributed by atoms with Crippen molar-refractivity contribution >= 4 is 11.7 Å². The van der Waals surface area contributed by atoms with Crippen LogP contribution in [-0.4, -0.2) is 20.7 Å².